The van der Waals surface area contributed by atoms with Gasteiger partial charge < -0.3 is 24.6 Å². The molecule has 7 nitrogen and oxygen atoms in total. The molecule has 0 amide bonds. The smallest absolute Gasteiger partial charge is 0.124 e. The fourth-order valence-corrected chi connectivity index (χ4v) is 4.05. The van der Waals surface area contributed by atoms with Gasteiger partial charge in [-0.25, -0.2) is 0 Å². The number of ether oxygens (including phenoxy) is 2. The molecule has 2 N–H and O–H groups in total. The molecule has 0 bridgehead atoms. The minimum Gasteiger partial charge on any atom is -0.497 e. The number of hydrogen-bond donors (Lipinski definition) is 2. The minimum atomic E-state index is -0.577. The van der Waals surface area contributed by atoms with Gasteiger partial charge in [-0.2, -0.15) is 5.26 Å². The van der Waals surface area contributed by atoms with Crippen LogP contribution in [0.25, 0.3) is 0 Å². The highest BCUT2D eigenvalue weighted by Gasteiger charge is 2.22. The quantitative estimate of drug-likeness (QED) is 0.682. The van der Waals surface area contributed by atoms with Crippen LogP contribution in [0, 0.1) is 17.2 Å². The SMILES string of the molecule is COc1ccc(OC[C@@H](O)CN2CCC(O)CC2)c(CN2CCC(C#N)CC2)c1. The third-order valence-corrected chi connectivity index (χ3v) is 5.89. The second kappa shape index (κ2) is 10.8. The highest BCUT2D eigenvalue weighted by molar-refractivity contribution is 5.40. The zero-order valence-electron chi connectivity index (χ0n) is 17.3. The van der Waals surface area contributed by atoms with Gasteiger partial charge in [-0.1, -0.05) is 0 Å². The van der Waals surface area contributed by atoms with Gasteiger partial charge >= 0.3 is 0 Å². The lowest BCUT2D eigenvalue weighted by Gasteiger charge is -2.31. The molecule has 0 unspecified atom stereocenters. The Bertz CT molecular complexity index is 677. The summed E-state index contributed by atoms with van der Waals surface area (Å²) in [5.74, 6) is 1.71. The maximum absolute atomic E-state index is 10.4. The van der Waals surface area contributed by atoms with Crippen LogP contribution >= 0.6 is 0 Å². The third kappa shape index (κ3) is 6.58. The van der Waals surface area contributed by atoms with E-state index in [-0.39, 0.29) is 18.6 Å². The molecule has 2 saturated heterocycles. The van der Waals surface area contributed by atoms with Gasteiger partial charge in [0, 0.05) is 37.7 Å². The first kappa shape index (κ1) is 21.8. The van der Waals surface area contributed by atoms with E-state index in [1.54, 1.807) is 7.11 Å². The molecular formula is C22H33N3O4. The standard InChI is InChI=1S/C22H33N3O4/c1-28-21-2-3-22(18(12-21)14-24-8-4-17(13-23)5-9-24)29-16-20(27)15-25-10-6-19(26)7-11-25/h2-3,12,17,19-20,26-27H,4-11,14-16H2,1H3/t20-/m0/s1. The molecule has 2 aliphatic rings. The van der Waals surface area contributed by atoms with E-state index in [1.807, 2.05) is 18.2 Å². The molecule has 0 spiro atoms. The Morgan fingerprint density at radius 1 is 1.14 bits per heavy atom. The van der Waals surface area contributed by atoms with Crippen LogP contribution in [0.1, 0.15) is 31.2 Å². The van der Waals surface area contributed by atoms with Crippen LogP contribution in [-0.4, -0.2) is 78.7 Å². The Balaban J connectivity index is 1.55. The van der Waals surface area contributed by atoms with Crippen LogP contribution in [0.15, 0.2) is 18.2 Å². The summed E-state index contributed by atoms with van der Waals surface area (Å²) in [7, 11) is 1.65. The van der Waals surface area contributed by atoms with Gasteiger partial charge in [0.1, 0.15) is 24.2 Å². The number of piperidine rings is 2. The van der Waals surface area contributed by atoms with Crippen molar-refractivity contribution in [1.29, 1.82) is 5.26 Å². The van der Waals surface area contributed by atoms with Gasteiger partial charge in [0.2, 0.25) is 0 Å². The Morgan fingerprint density at radius 2 is 1.83 bits per heavy atom. The summed E-state index contributed by atoms with van der Waals surface area (Å²) in [5, 5.41) is 29.1. The number of rotatable bonds is 8. The molecule has 1 aromatic carbocycles. The van der Waals surface area contributed by atoms with Crippen LogP contribution < -0.4 is 9.47 Å². The van der Waals surface area contributed by atoms with Gasteiger partial charge in [0.05, 0.1) is 19.3 Å². The average Bonchev–Trinajstić information content (AvgIpc) is 2.75. The predicted molar refractivity (Wildman–Crippen MR) is 110 cm³/mol. The lowest BCUT2D eigenvalue weighted by Crippen LogP contribution is -2.41. The van der Waals surface area contributed by atoms with E-state index in [0.29, 0.717) is 6.54 Å². The van der Waals surface area contributed by atoms with Crippen molar-refractivity contribution < 1.29 is 19.7 Å². The normalized spacial score (nSPS) is 20.9. The Hall–Kier alpha value is -1.85. The lowest BCUT2D eigenvalue weighted by atomic mass is 9.98. The number of aliphatic hydroxyl groups excluding tert-OH is 2. The van der Waals surface area contributed by atoms with E-state index < -0.39 is 6.10 Å². The first-order valence-corrected chi connectivity index (χ1v) is 10.6. The number of β-amino-alcohol motifs (C(OH)–C–C–N with tert-alkyl or cyclic N) is 1. The van der Waals surface area contributed by atoms with Crippen molar-refractivity contribution in [2.24, 2.45) is 5.92 Å². The van der Waals surface area contributed by atoms with E-state index in [1.165, 1.54) is 0 Å². The second-order valence-electron chi connectivity index (χ2n) is 8.15. The molecule has 0 aliphatic carbocycles. The molecular weight excluding hydrogens is 370 g/mol. The van der Waals surface area contributed by atoms with Crippen molar-refractivity contribution >= 4 is 0 Å². The summed E-state index contributed by atoms with van der Waals surface area (Å²) in [5.41, 5.74) is 1.04. The summed E-state index contributed by atoms with van der Waals surface area (Å²) in [4.78, 5) is 4.51. The molecule has 3 rings (SSSR count). The fourth-order valence-electron chi connectivity index (χ4n) is 4.05. The van der Waals surface area contributed by atoms with Crippen LogP contribution in [0.2, 0.25) is 0 Å². The highest BCUT2D eigenvalue weighted by atomic mass is 16.5. The summed E-state index contributed by atoms with van der Waals surface area (Å²) in [6.07, 6.45) is 2.54. The monoisotopic (exact) mass is 403 g/mol. The number of nitriles is 1. The van der Waals surface area contributed by atoms with Gasteiger partial charge in [-0.05, 0) is 57.0 Å². The molecule has 1 atom stereocenters. The molecule has 2 aliphatic heterocycles. The molecule has 0 aromatic heterocycles. The maximum Gasteiger partial charge on any atom is 0.124 e. The first-order valence-electron chi connectivity index (χ1n) is 10.6. The minimum absolute atomic E-state index is 0.165. The van der Waals surface area contributed by atoms with Gasteiger partial charge in [-0.15, -0.1) is 0 Å². The van der Waals surface area contributed by atoms with E-state index >= 15 is 0 Å². The predicted octanol–water partition coefficient (Wildman–Crippen LogP) is 1.63. The topological polar surface area (TPSA) is 89.2 Å². The number of likely N-dealkylation sites (tertiary alicyclic amines) is 2. The van der Waals surface area contributed by atoms with Crippen LogP contribution in [0.5, 0.6) is 11.5 Å². The van der Waals surface area contributed by atoms with Gasteiger partial charge in [0.25, 0.3) is 0 Å². The van der Waals surface area contributed by atoms with Crippen molar-refractivity contribution in [3.63, 3.8) is 0 Å². The maximum atomic E-state index is 10.4. The summed E-state index contributed by atoms with van der Waals surface area (Å²) in [6, 6.07) is 8.14. The van der Waals surface area contributed by atoms with Crippen molar-refractivity contribution in [2.75, 3.05) is 46.4 Å². The van der Waals surface area contributed by atoms with Crippen LogP contribution in [0.4, 0.5) is 0 Å². The van der Waals surface area contributed by atoms with Crippen LogP contribution in [0.3, 0.4) is 0 Å². The summed E-state index contributed by atoms with van der Waals surface area (Å²) < 4.78 is 11.4. The average molecular weight is 404 g/mol. The molecule has 160 valence electrons. The number of benzene rings is 1. The van der Waals surface area contributed by atoms with Crippen molar-refractivity contribution in [3.8, 4) is 17.6 Å². The van der Waals surface area contributed by atoms with E-state index in [9.17, 15) is 10.2 Å². The van der Waals surface area contributed by atoms with Crippen LogP contribution in [-0.2, 0) is 6.54 Å². The molecule has 1 aromatic rings. The number of methoxy groups -OCH3 is 1. The first-order chi connectivity index (χ1) is 14.1. The molecule has 7 heteroatoms. The zero-order valence-corrected chi connectivity index (χ0v) is 17.3. The van der Waals surface area contributed by atoms with Crippen molar-refractivity contribution in [3.05, 3.63) is 23.8 Å². The molecule has 29 heavy (non-hydrogen) atoms. The third-order valence-electron chi connectivity index (χ3n) is 5.89. The lowest BCUT2D eigenvalue weighted by molar-refractivity contribution is 0.0334. The number of aliphatic hydroxyl groups is 2. The van der Waals surface area contributed by atoms with Gasteiger partial charge in [0.15, 0.2) is 0 Å². The number of nitrogens with zero attached hydrogens (tertiary/aromatic N) is 3. The van der Waals surface area contributed by atoms with E-state index in [4.69, 9.17) is 14.7 Å². The summed E-state index contributed by atoms with van der Waals surface area (Å²) in [6.45, 7) is 4.95. The molecule has 2 heterocycles. The second-order valence-corrected chi connectivity index (χ2v) is 8.15. The Labute approximate surface area is 173 Å². The molecule has 0 saturated carbocycles. The van der Waals surface area contributed by atoms with E-state index in [0.717, 1.165) is 75.5 Å². The van der Waals surface area contributed by atoms with Crippen molar-refractivity contribution in [2.45, 2.75) is 44.4 Å². The largest absolute Gasteiger partial charge is 0.497 e. The number of hydrogen-bond acceptors (Lipinski definition) is 7. The van der Waals surface area contributed by atoms with Gasteiger partial charge in [-0.3, -0.25) is 4.90 Å². The molecule has 0 radical (unpaired) electrons. The Morgan fingerprint density at radius 3 is 2.48 bits per heavy atom. The fraction of sp³-hybridized carbons (Fsp3) is 0.682. The Kier molecular flexibility index (Phi) is 8.13. The zero-order chi connectivity index (χ0) is 20.6. The highest BCUT2D eigenvalue weighted by Crippen LogP contribution is 2.27. The van der Waals surface area contributed by atoms with E-state index in [2.05, 4.69) is 15.9 Å². The molecule has 2 fully saturated rings. The van der Waals surface area contributed by atoms with Crippen molar-refractivity contribution in [1.82, 2.24) is 9.80 Å². The summed E-state index contributed by atoms with van der Waals surface area (Å²) >= 11 is 0.